The summed E-state index contributed by atoms with van der Waals surface area (Å²) in [6.07, 6.45) is 1.50. The summed E-state index contributed by atoms with van der Waals surface area (Å²) in [5.74, 6) is 1.28. The van der Waals surface area contributed by atoms with Crippen LogP contribution in [0.3, 0.4) is 0 Å². The first-order chi connectivity index (χ1) is 16.8. The van der Waals surface area contributed by atoms with Crippen LogP contribution in [0.25, 0.3) is 10.9 Å². The second-order valence-corrected chi connectivity index (χ2v) is 9.25. The molecule has 0 fully saturated rings. The molecule has 0 saturated carbocycles. The minimum atomic E-state index is -0.457. The molecule has 0 bridgehead atoms. The lowest BCUT2D eigenvalue weighted by atomic mass is 10.2. The Morgan fingerprint density at radius 3 is 2.54 bits per heavy atom. The van der Waals surface area contributed by atoms with E-state index in [-0.39, 0.29) is 17.9 Å². The summed E-state index contributed by atoms with van der Waals surface area (Å²) in [6.45, 7) is 1.84. The molecule has 0 unspecified atom stereocenters. The number of nitro groups is 1. The van der Waals surface area contributed by atoms with E-state index in [0.29, 0.717) is 33.8 Å². The van der Waals surface area contributed by atoms with E-state index in [2.05, 4.69) is 41.9 Å². The molecule has 0 saturated heterocycles. The number of rotatable bonds is 7. The average Bonchev–Trinajstić information content (AvgIpc) is 2.83. The lowest BCUT2D eigenvalue weighted by Gasteiger charge is -2.14. The van der Waals surface area contributed by atoms with Crippen molar-refractivity contribution in [2.75, 3.05) is 7.11 Å². The minimum absolute atomic E-state index is 0.000342. The summed E-state index contributed by atoms with van der Waals surface area (Å²) in [5.41, 5.74) is 1.57. The van der Waals surface area contributed by atoms with Gasteiger partial charge in [-0.15, -0.1) is 0 Å². The third kappa shape index (κ3) is 5.41. The predicted octanol–water partition coefficient (Wildman–Crippen LogP) is 5.61. The molecule has 4 aromatic rings. The summed E-state index contributed by atoms with van der Waals surface area (Å²) < 4.78 is 14.2. The number of methoxy groups -OCH3 is 1. The smallest absolute Gasteiger partial charge is 0.282 e. The van der Waals surface area contributed by atoms with Crippen molar-refractivity contribution in [2.24, 2.45) is 5.10 Å². The maximum atomic E-state index is 13.1. The number of halogens is 2. The molecule has 0 aliphatic carbocycles. The average molecular weight is 602 g/mol. The molecular weight excluding hydrogens is 584 g/mol. The van der Waals surface area contributed by atoms with Gasteiger partial charge in [0.05, 0.1) is 29.2 Å². The van der Waals surface area contributed by atoms with E-state index in [0.717, 1.165) is 14.5 Å². The Morgan fingerprint density at radius 1 is 1.11 bits per heavy atom. The Labute approximate surface area is 216 Å². The summed E-state index contributed by atoms with van der Waals surface area (Å²) in [5, 5.41) is 15.7. The van der Waals surface area contributed by atoms with Gasteiger partial charge in [-0.05, 0) is 55.0 Å². The molecule has 0 atom stereocenters. The number of hydrogen-bond acceptors (Lipinski definition) is 7. The topological polar surface area (TPSA) is 109 Å². The Hall–Kier alpha value is -3.57. The zero-order chi connectivity index (χ0) is 25.1. The first kappa shape index (κ1) is 24.6. The van der Waals surface area contributed by atoms with Crippen LogP contribution in [0.15, 0.2) is 73.4 Å². The van der Waals surface area contributed by atoms with Crippen LogP contribution in [-0.4, -0.2) is 27.9 Å². The van der Waals surface area contributed by atoms with E-state index in [1.807, 2.05) is 6.07 Å². The number of non-ortho nitro benzene ring substituents is 1. The van der Waals surface area contributed by atoms with E-state index in [1.54, 1.807) is 43.3 Å². The summed E-state index contributed by atoms with van der Waals surface area (Å²) in [6, 6.07) is 14.9. The van der Waals surface area contributed by atoms with Crippen LogP contribution < -0.4 is 15.0 Å². The van der Waals surface area contributed by atoms with Gasteiger partial charge >= 0.3 is 0 Å². The number of fused-ring (bicyclic) bond motifs is 1. The van der Waals surface area contributed by atoms with Crippen molar-refractivity contribution in [3.8, 4) is 11.5 Å². The van der Waals surface area contributed by atoms with Gasteiger partial charge in [0.15, 0.2) is 11.5 Å². The van der Waals surface area contributed by atoms with E-state index in [1.165, 1.54) is 30.1 Å². The second-order valence-electron chi connectivity index (χ2n) is 7.42. The molecule has 1 heterocycles. The quantitative estimate of drug-likeness (QED) is 0.155. The lowest BCUT2D eigenvalue weighted by molar-refractivity contribution is -0.384. The number of hydrogen-bond donors (Lipinski definition) is 0. The van der Waals surface area contributed by atoms with Crippen molar-refractivity contribution in [1.29, 1.82) is 0 Å². The molecule has 1 aromatic heterocycles. The standard InChI is InChI=1S/C24H18Br2N4O5/c1-14-28-21-8-5-17(25)10-20(21)24(31)29(14)27-12-16-9-18(26)11-22(34-2)23(16)35-13-15-3-6-19(7-4-15)30(32)33/h3-12H,13H2,1-2H3. The van der Waals surface area contributed by atoms with Gasteiger partial charge in [0, 0.05) is 26.6 Å². The van der Waals surface area contributed by atoms with Crippen molar-refractivity contribution in [2.45, 2.75) is 13.5 Å². The zero-order valence-electron chi connectivity index (χ0n) is 18.6. The molecule has 0 radical (unpaired) electrons. The third-order valence-corrected chi connectivity index (χ3v) is 6.03. The largest absolute Gasteiger partial charge is 0.493 e. The van der Waals surface area contributed by atoms with Crippen molar-refractivity contribution < 1.29 is 14.4 Å². The first-order valence-corrected chi connectivity index (χ1v) is 11.8. The summed E-state index contributed by atoms with van der Waals surface area (Å²) in [7, 11) is 1.52. The molecule has 0 spiro atoms. The highest BCUT2D eigenvalue weighted by atomic mass is 79.9. The molecule has 35 heavy (non-hydrogen) atoms. The van der Waals surface area contributed by atoms with E-state index in [9.17, 15) is 14.9 Å². The molecule has 0 aliphatic heterocycles. The van der Waals surface area contributed by atoms with Gasteiger partial charge in [0.2, 0.25) is 0 Å². The number of nitro benzene ring substituents is 1. The third-order valence-electron chi connectivity index (χ3n) is 5.08. The van der Waals surface area contributed by atoms with Gasteiger partial charge in [-0.25, -0.2) is 4.98 Å². The number of benzene rings is 3. The maximum absolute atomic E-state index is 13.1. The van der Waals surface area contributed by atoms with E-state index in [4.69, 9.17) is 9.47 Å². The van der Waals surface area contributed by atoms with Crippen molar-refractivity contribution in [3.63, 3.8) is 0 Å². The molecule has 0 aliphatic rings. The van der Waals surface area contributed by atoms with Gasteiger partial charge in [-0.1, -0.05) is 31.9 Å². The highest BCUT2D eigenvalue weighted by Gasteiger charge is 2.14. The van der Waals surface area contributed by atoms with Crippen molar-refractivity contribution in [3.05, 3.63) is 101 Å². The van der Waals surface area contributed by atoms with Crippen LogP contribution in [-0.2, 0) is 6.61 Å². The highest BCUT2D eigenvalue weighted by molar-refractivity contribution is 9.10. The molecule has 3 aromatic carbocycles. The molecule has 0 N–H and O–H groups in total. The fourth-order valence-corrected chi connectivity index (χ4v) is 4.19. The minimum Gasteiger partial charge on any atom is -0.493 e. The molecule has 9 nitrogen and oxygen atoms in total. The van der Waals surface area contributed by atoms with E-state index >= 15 is 0 Å². The molecule has 4 rings (SSSR count). The maximum Gasteiger partial charge on any atom is 0.282 e. The monoisotopic (exact) mass is 600 g/mol. The molecule has 0 amide bonds. The predicted molar refractivity (Wildman–Crippen MR) is 140 cm³/mol. The lowest BCUT2D eigenvalue weighted by Crippen LogP contribution is -2.20. The fourth-order valence-electron chi connectivity index (χ4n) is 3.38. The number of ether oxygens (including phenoxy) is 2. The normalized spacial score (nSPS) is 11.2. The molecular formula is C24H18Br2N4O5. The van der Waals surface area contributed by atoms with Crippen LogP contribution in [0.1, 0.15) is 17.0 Å². The van der Waals surface area contributed by atoms with Gasteiger partial charge < -0.3 is 9.47 Å². The van der Waals surface area contributed by atoms with Crippen LogP contribution in [0, 0.1) is 17.0 Å². The zero-order valence-corrected chi connectivity index (χ0v) is 21.7. The highest BCUT2D eigenvalue weighted by Crippen LogP contribution is 2.34. The fraction of sp³-hybridized carbons (Fsp3) is 0.125. The Kier molecular flexibility index (Phi) is 7.27. The van der Waals surface area contributed by atoms with Crippen LogP contribution in [0.5, 0.6) is 11.5 Å². The SMILES string of the molecule is COc1cc(Br)cc(C=Nn2c(C)nc3ccc(Br)cc3c2=O)c1OCc1ccc([N+](=O)[O-])cc1. The number of nitrogens with zero attached hydrogens (tertiary/aromatic N) is 4. The van der Waals surface area contributed by atoms with Gasteiger partial charge in [-0.2, -0.15) is 9.78 Å². The van der Waals surface area contributed by atoms with Crippen LogP contribution in [0.4, 0.5) is 5.69 Å². The van der Waals surface area contributed by atoms with Crippen LogP contribution >= 0.6 is 31.9 Å². The van der Waals surface area contributed by atoms with Crippen LogP contribution in [0.2, 0.25) is 0 Å². The Morgan fingerprint density at radius 2 is 1.86 bits per heavy atom. The Balaban J connectivity index is 1.70. The molecule has 178 valence electrons. The van der Waals surface area contributed by atoms with E-state index < -0.39 is 4.92 Å². The second kappa shape index (κ2) is 10.4. The summed E-state index contributed by atoms with van der Waals surface area (Å²) in [4.78, 5) is 28.0. The summed E-state index contributed by atoms with van der Waals surface area (Å²) >= 11 is 6.84. The van der Waals surface area contributed by atoms with Gasteiger partial charge in [0.1, 0.15) is 12.4 Å². The number of aromatic nitrogens is 2. The Bertz CT molecular complexity index is 1520. The van der Waals surface area contributed by atoms with Crippen molar-refractivity contribution in [1.82, 2.24) is 9.66 Å². The molecule has 11 heteroatoms. The van der Waals surface area contributed by atoms with Crippen molar-refractivity contribution >= 4 is 54.7 Å². The van der Waals surface area contributed by atoms with Gasteiger partial charge in [-0.3, -0.25) is 14.9 Å². The number of aryl methyl sites for hydroxylation is 1. The van der Waals surface area contributed by atoms with Gasteiger partial charge in [0.25, 0.3) is 11.2 Å². The first-order valence-electron chi connectivity index (χ1n) is 10.2.